The summed E-state index contributed by atoms with van der Waals surface area (Å²) in [4.78, 5) is 14.4. The fourth-order valence-corrected chi connectivity index (χ4v) is 2.86. The summed E-state index contributed by atoms with van der Waals surface area (Å²) in [5, 5.41) is 0.566. The fourth-order valence-electron chi connectivity index (χ4n) is 2.68. The maximum atomic E-state index is 12.5. The van der Waals surface area contributed by atoms with Crippen LogP contribution in [0, 0.1) is 5.92 Å². The second-order valence-electron chi connectivity index (χ2n) is 5.23. The molecule has 19 heavy (non-hydrogen) atoms. The Hall–Kier alpha value is -1.22. The molecule has 1 aromatic carbocycles. The average molecular weight is 281 g/mol. The molecule has 4 heteroatoms. The number of carbonyl (C=O) groups excluding carboxylic acids is 1. The van der Waals surface area contributed by atoms with Gasteiger partial charge in [-0.15, -0.1) is 0 Å². The van der Waals surface area contributed by atoms with E-state index in [-0.39, 0.29) is 5.91 Å². The van der Waals surface area contributed by atoms with Gasteiger partial charge >= 0.3 is 0 Å². The van der Waals surface area contributed by atoms with E-state index >= 15 is 0 Å². The van der Waals surface area contributed by atoms with E-state index in [0.29, 0.717) is 16.3 Å². The summed E-state index contributed by atoms with van der Waals surface area (Å²) in [5.41, 5.74) is 6.92. The molecule has 2 N–H and O–H groups in total. The van der Waals surface area contributed by atoms with Crippen molar-refractivity contribution in [3.8, 4) is 0 Å². The van der Waals surface area contributed by atoms with Gasteiger partial charge in [0.2, 0.25) is 0 Å². The van der Waals surface area contributed by atoms with Crippen LogP contribution in [0.15, 0.2) is 18.2 Å². The van der Waals surface area contributed by atoms with Gasteiger partial charge in [-0.3, -0.25) is 4.79 Å². The highest BCUT2D eigenvalue weighted by molar-refractivity contribution is 6.31. The molecule has 0 aliphatic carbocycles. The predicted molar refractivity (Wildman–Crippen MR) is 79.4 cm³/mol. The zero-order valence-corrected chi connectivity index (χ0v) is 12.1. The van der Waals surface area contributed by atoms with Gasteiger partial charge in [0.25, 0.3) is 5.91 Å². The standard InChI is InChI=1S/C15H21ClN2O/c1-2-11-4-3-8-18(9-7-11)15(19)13-6-5-12(16)10-14(13)17/h5-6,10-11H,2-4,7-9,17H2,1H3. The first-order chi connectivity index (χ1) is 9.11. The van der Waals surface area contributed by atoms with Crippen LogP contribution in [0.3, 0.4) is 0 Å². The molecule has 1 unspecified atom stereocenters. The molecule has 0 spiro atoms. The highest BCUT2D eigenvalue weighted by atomic mass is 35.5. The van der Waals surface area contributed by atoms with E-state index in [0.717, 1.165) is 31.8 Å². The molecule has 2 rings (SSSR count). The minimum absolute atomic E-state index is 0.0333. The fraction of sp³-hybridized carbons (Fsp3) is 0.533. The highest BCUT2D eigenvalue weighted by Gasteiger charge is 2.22. The largest absolute Gasteiger partial charge is 0.398 e. The third-order valence-corrected chi connectivity index (χ3v) is 4.19. The second kappa shape index (κ2) is 6.29. The molecular formula is C15H21ClN2O. The summed E-state index contributed by atoms with van der Waals surface area (Å²) in [5.74, 6) is 0.784. The van der Waals surface area contributed by atoms with Crippen LogP contribution in [0.2, 0.25) is 5.02 Å². The summed E-state index contributed by atoms with van der Waals surface area (Å²) >= 11 is 5.87. The van der Waals surface area contributed by atoms with E-state index in [1.165, 1.54) is 12.8 Å². The number of nitrogens with zero attached hydrogens (tertiary/aromatic N) is 1. The molecule has 1 aromatic rings. The van der Waals surface area contributed by atoms with Gasteiger partial charge in [-0.2, -0.15) is 0 Å². The molecule has 0 radical (unpaired) electrons. The molecule has 0 aromatic heterocycles. The van der Waals surface area contributed by atoms with Gasteiger partial charge in [0.1, 0.15) is 0 Å². The number of rotatable bonds is 2. The van der Waals surface area contributed by atoms with Crippen molar-refractivity contribution in [2.24, 2.45) is 5.92 Å². The van der Waals surface area contributed by atoms with Gasteiger partial charge in [0, 0.05) is 23.8 Å². The number of carbonyl (C=O) groups is 1. The van der Waals surface area contributed by atoms with Crippen molar-refractivity contribution >= 4 is 23.2 Å². The van der Waals surface area contributed by atoms with Crippen molar-refractivity contribution in [1.82, 2.24) is 4.90 Å². The zero-order chi connectivity index (χ0) is 13.8. The van der Waals surface area contributed by atoms with Gasteiger partial charge in [-0.1, -0.05) is 24.9 Å². The van der Waals surface area contributed by atoms with Crippen LogP contribution in [0.5, 0.6) is 0 Å². The first-order valence-electron chi connectivity index (χ1n) is 6.96. The number of benzene rings is 1. The Labute approximate surface area is 119 Å². The maximum absolute atomic E-state index is 12.5. The Bertz CT molecular complexity index is 461. The maximum Gasteiger partial charge on any atom is 0.255 e. The van der Waals surface area contributed by atoms with Crippen LogP contribution in [0.1, 0.15) is 43.0 Å². The van der Waals surface area contributed by atoms with Crippen LogP contribution < -0.4 is 5.73 Å². The van der Waals surface area contributed by atoms with E-state index in [4.69, 9.17) is 17.3 Å². The van der Waals surface area contributed by atoms with E-state index in [2.05, 4.69) is 6.92 Å². The molecule has 1 amide bonds. The number of amides is 1. The third kappa shape index (κ3) is 3.41. The van der Waals surface area contributed by atoms with Gasteiger partial charge in [-0.25, -0.2) is 0 Å². The number of hydrogen-bond donors (Lipinski definition) is 1. The lowest BCUT2D eigenvalue weighted by molar-refractivity contribution is 0.0761. The summed E-state index contributed by atoms with van der Waals surface area (Å²) in [6.45, 7) is 3.89. The van der Waals surface area contributed by atoms with Crippen molar-refractivity contribution in [1.29, 1.82) is 0 Å². The number of nitrogens with two attached hydrogens (primary N) is 1. The van der Waals surface area contributed by atoms with Crippen molar-refractivity contribution in [3.63, 3.8) is 0 Å². The number of nitrogen functional groups attached to an aromatic ring is 1. The molecule has 3 nitrogen and oxygen atoms in total. The number of anilines is 1. The summed E-state index contributed by atoms with van der Waals surface area (Å²) < 4.78 is 0. The first-order valence-corrected chi connectivity index (χ1v) is 7.34. The zero-order valence-electron chi connectivity index (χ0n) is 11.4. The number of likely N-dealkylation sites (tertiary alicyclic amines) is 1. The Kier molecular flexibility index (Phi) is 4.70. The molecule has 1 atom stereocenters. The molecule has 1 fully saturated rings. The number of hydrogen-bond acceptors (Lipinski definition) is 2. The number of halogens is 1. The Morgan fingerprint density at radius 1 is 1.42 bits per heavy atom. The molecule has 0 saturated carbocycles. The highest BCUT2D eigenvalue weighted by Crippen LogP contribution is 2.24. The van der Waals surface area contributed by atoms with Gasteiger partial charge in [-0.05, 0) is 43.4 Å². The van der Waals surface area contributed by atoms with E-state index < -0.39 is 0 Å². The molecular weight excluding hydrogens is 260 g/mol. The minimum atomic E-state index is 0.0333. The van der Waals surface area contributed by atoms with Crippen LogP contribution in [-0.2, 0) is 0 Å². The molecule has 1 aliphatic rings. The van der Waals surface area contributed by atoms with Gasteiger partial charge in [0.05, 0.1) is 5.56 Å². The van der Waals surface area contributed by atoms with E-state index in [1.807, 2.05) is 4.90 Å². The first kappa shape index (κ1) is 14.2. The minimum Gasteiger partial charge on any atom is -0.398 e. The lowest BCUT2D eigenvalue weighted by Crippen LogP contribution is -2.32. The Morgan fingerprint density at radius 2 is 2.21 bits per heavy atom. The molecule has 1 saturated heterocycles. The van der Waals surface area contributed by atoms with E-state index in [9.17, 15) is 4.79 Å². The van der Waals surface area contributed by atoms with Gasteiger partial charge in [0.15, 0.2) is 0 Å². The lowest BCUT2D eigenvalue weighted by Gasteiger charge is -2.21. The summed E-state index contributed by atoms with van der Waals surface area (Å²) in [6.07, 6.45) is 4.59. The molecule has 1 aliphatic heterocycles. The quantitative estimate of drug-likeness (QED) is 0.842. The molecule has 0 bridgehead atoms. The van der Waals surface area contributed by atoms with Crippen LogP contribution in [0.4, 0.5) is 5.69 Å². The Balaban J connectivity index is 2.10. The smallest absolute Gasteiger partial charge is 0.255 e. The van der Waals surface area contributed by atoms with Crippen molar-refractivity contribution < 1.29 is 4.79 Å². The molecule has 1 heterocycles. The van der Waals surface area contributed by atoms with Gasteiger partial charge < -0.3 is 10.6 Å². The van der Waals surface area contributed by atoms with Crippen molar-refractivity contribution in [2.45, 2.75) is 32.6 Å². The van der Waals surface area contributed by atoms with E-state index in [1.54, 1.807) is 18.2 Å². The topological polar surface area (TPSA) is 46.3 Å². The summed E-state index contributed by atoms with van der Waals surface area (Å²) in [7, 11) is 0. The van der Waals surface area contributed by atoms with Crippen LogP contribution in [-0.4, -0.2) is 23.9 Å². The monoisotopic (exact) mass is 280 g/mol. The predicted octanol–water partition coefficient (Wildman–Crippen LogP) is 3.57. The summed E-state index contributed by atoms with van der Waals surface area (Å²) in [6, 6.07) is 5.08. The average Bonchev–Trinajstić information content (AvgIpc) is 2.63. The van der Waals surface area contributed by atoms with Crippen LogP contribution in [0.25, 0.3) is 0 Å². The normalized spacial score (nSPS) is 20.1. The lowest BCUT2D eigenvalue weighted by atomic mass is 9.98. The van der Waals surface area contributed by atoms with Crippen molar-refractivity contribution in [3.05, 3.63) is 28.8 Å². The Morgan fingerprint density at radius 3 is 2.89 bits per heavy atom. The second-order valence-corrected chi connectivity index (χ2v) is 5.67. The SMILES string of the molecule is CCC1CCCN(C(=O)c2ccc(Cl)cc2N)CC1. The van der Waals surface area contributed by atoms with Crippen molar-refractivity contribution in [2.75, 3.05) is 18.8 Å². The molecule has 104 valence electrons. The van der Waals surface area contributed by atoms with Crippen LogP contribution >= 0.6 is 11.6 Å². The third-order valence-electron chi connectivity index (χ3n) is 3.96.